The Morgan fingerprint density at radius 1 is 1.33 bits per heavy atom. The first-order chi connectivity index (χ1) is 8.83. The Bertz CT molecular complexity index is 508. The van der Waals surface area contributed by atoms with E-state index in [1.165, 1.54) is 11.3 Å². The van der Waals surface area contributed by atoms with Crippen LogP contribution in [-0.2, 0) is 0 Å². The van der Waals surface area contributed by atoms with Gasteiger partial charge in [-0.1, -0.05) is 43.7 Å². The first-order valence-electron chi connectivity index (χ1n) is 6.10. The number of hydrogen-bond acceptors (Lipinski definition) is 3. The zero-order valence-corrected chi connectivity index (χ0v) is 11.2. The molecule has 0 saturated heterocycles. The van der Waals surface area contributed by atoms with Gasteiger partial charge in [0.2, 0.25) is 0 Å². The molecule has 2 rings (SSSR count). The van der Waals surface area contributed by atoms with Crippen LogP contribution in [0.4, 0.5) is 0 Å². The second-order valence-corrected chi connectivity index (χ2v) is 4.86. The number of benzene rings is 1. The van der Waals surface area contributed by atoms with Gasteiger partial charge in [0, 0.05) is 6.54 Å². The summed E-state index contributed by atoms with van der Waals surface area (Å²) in [6.07, 6.45) is 2.07. The summed E-state index contributed by atoms with van der Waals surface area (Å²) in [4.78, 5) is 17.1. The summed E-state index contributed by atoms with van der Waals surface area (Å²) in [6.45, 7) is 2.81. The van der Waals surface area contributed by atoms with Gasteiger partial charge < -0.3 is 5.32 Å². The molecule has 0 atom stereocenters. The Morgan fingerprint density at radius 3 is 2.83 bits per heavy atom. The lowest BCUT2D eigenvalue weighted by Gasteiger charge is -2.04. The van der Waals surface area contributed by atoms with E-state index < -0.39 is 0 Å². The SMILES string of the molecule is CCCCNC(=O)c1ncsc1-c1ccccc1. The maximum absolute atomic E-state index is 12.0. The third-order valence-corrected chi connectivity index (χ3v) is 3.51. The molecule has 0 bridgehead atoms. The molecule has 0 aliphatic carbocycles. The Morgan fingerprint density at radius 2 is 2.11 bits per heavy atom. The minimum Gasteiger partial charge on any atom is -0.351 e. The highest BCUT2D eigenvalue weighted by Crippen LogP contribution is 2.27. The number of thiazole rings is 1. The molecule has 0 aliphatic rings. The molecule has 3 nitrogen and oxygen atoms in total. The molecule has 0 fully saturated rings. The second kappa shape index (κ2) is 6.31. The molecular formula is C14H16N2OS. The monoisotopic (exact) mass is 260 g/mol. The molecule has 4 heteroatoms. The van der Waals surface area contributed by atoms with E-state index in [2.05, 4.69) is 17.2 Å². The van der Waals surface area contributed by atoms with Crippen molar-refractivity contribution in [2.45, 2.75) is 19.8 Å². The quantitative estimate of drug-likeness (QED) is 0.838. The summed E-state index contributed by atoms with van der Waals surface area (Å²) in [5, 5.41) is 2.90. The Balaban J connectivity index is 2.15. The number of carbonyl (C=O) groups excluding carboxylic acids is 1. The Hall–Kier alpha value is -1.68. The van der Waals surface area contributed by atoms with Crippen LogP contribution in [-0.4, -0.2) is 17.4 Å². The normalized spacial score (nSPS) is 10.3. The van der Waals surface area contributed by atoms with Crippen molar-refractivity contribution < 1.29 is 4.79 Å². The molecule has 18 heavy (non-hydrogen) atoms. The number of amides is 1. The summed E-state index contributed by atoms with van der Waals surface area (Å²) in [5.41, 5.74) is 3.29. The van der Waals surface area contributed by atoms with Crippen molar-refractivity contribution >= 4 is 17.2 Å². The smallest absolute Gasteiger partial charge is 0.271 e. The molecule has 1 aromatic carbocycles. The van der Waals surface area contributed by atoms with Crippen LogP contribution in [0.25, 0.3) is 10.4 Å². The number of unbranched alkanes of at least 4 members (excludes halogenated alkanes) is 1. The molecule has 1 N–H and O–H groups in total. The van der Waals surface area contributed by atoms with Gasteiger partial charge in [0.1, 0.15) is 5.69 Å². The van der Waals surface area contributed by atoms with Gasteiger partial charge in [-0.15, -0.1) is 11.3 Å². The molecule has 0 spiro atoms. The van der Waals surface area contributed by atoms with Crippen LogP contribution in [0.5, 0.6) is 0 Å². The van der Waals surface area contributed by atoms with E-state index in [1.54, 1.807) is 5.51 Å². The topological polar surface area (TPSA) is 42.0 Å². The van der Waals surface area contributed by atoms with Gasteiger partial charge in [-0.25, -0.2) is 4.98 Å². The number of aromatic nitrogens is 1. The fourth-order valence-electron chi connectivity index (χ4n) is 1.66. The second-order valence-electron chi connectivity index (χ2n) is 4.01. The highest BCUT2D eigenvalue weighted by Gasteiger charge is 2.15. The molecule has 1 heterocycles. The fourth-order valence-corrected chi connectivity index (χ4v) is 2.46. The van der Waals surface area contributed by atoms with Gasteiger partial charge in [-0.2, -0.15) is 0 Å². The molecule has 1 aromatic heterocycles. The molecule has 0 aliphatic heterocycles. The lowest BCUT2D eigenvalue weighted by Crippen LogP contribution is -2.25. The molecule has 94 valence electrons. The average Bonchev–Trinajstić information content (AvgIpc) is 2.89. The molecule has 2 aromatic rings. The third kappa shape index (κ3) is 2.96. The van der Waals surface area contributed by atoms with Gasteiger partial charge in [0.25, 0.3) is 5.91 Å². The first-order valence-corrected chi connectivity index (χ1v) is 6.98. The maximum Gasteiger partial charge on any atom is 0.271 e. The van der Waals surface area contributed by atoms with Crippen molar-refractivity contribution in [2.24, 2.45) is 0 Å². The zero-order valence-electron chi connectivity index (χ0n) is 10.3. The minimum absolute atomic E-state index is 0.0800. The van der Waals surface area contributed by atoms with E-state index >= 15 is 0 Å². The molecule has 1 amide bonds. The van der Waals surface area contributed by atoms with Crippen LogP contribution in [0.1, 0.15) is 30.3 Å². The van der Waals surface area contributed by atoms with E-state index in [0.29, 0.717) is 12.2 Å². The Labute approximate surface area is 111 Å². The molecule has 0 saturated carbocycles. The van der Waals surface area contributed by atoms with E-state index in [9.17, 15) is 4.79 Å². The summed E-state index contributed by atoms with van der Waals surface area (Å²) in [7, 11) is 0. The van der Waals surface area contributed by atoms with Gasteiger partial charge >= 0.3 is 0 Å². The maximum atomic E-state index is 12.0. The zero-order chi connectivity index (χ0) is 12.8. The average molecular weight is 260 g/mol. The predicted octanol–water partition coefficient (Wildman–Crippen LogP) is 3.34. The number of hydrogen-bond donors (Lipinski definition) is 1. The van der Waals surface area contributed by atoms with Crippen molar-refractivity contribution in [3.8, 4) is 10.4 Å². The van der Waals surface area contributed by atoms with Crippen LogP contribution in [0.2, 0.25) is 0 Å². The Kier molecular flexibility index (Phi) is 4.47. The minimum atomic E-state index is -0.0800. The number of carbonyl (C=O) groups is 1. The van der Waals surface area contributed by atoms with Crippen molar-refractivity contribution in [1.82, 2.24) is 10.3 Å². The van der Waals surface area contributed by atoms with Crippen molar-refractivity contribution in [1.29, 1.82) is 0 Å². The van der Waals surface area contributed by atoms with Crippen LogP contribution < -0.4 is 5.32 Å². The van der Waals surface area contributed by atoms with Crippen molar-refractivity contribution in [2.75, 3.05) is 6.54 Å². The van der Waals surface area contributed by atoms with E-state index in [-0.39, 0.29) is 5.91 Å². The molecular weight excluding hydrogens is 244 g/mol. The summed E-state index contributed by atoms with van der Waals surface area (Å²) in [6, 6.07) is 9.89. The van der Waals surface area contributed by atoms with Crippen LogP contribution in [0, 0.1) is 0 Å². The van der Waals surface area contributed by atoms with Gasteiger partial charge in [-0.05, 0) is 12.0 Å². The largest absolute Gasteiger partial charge is 0.351 e. The summed E-state index contributed by atoms with van der Waals surface area (Å²) >= 11 is 1.50. The summed E-state index contributed by atoms with van der Waals surface area (Å²) < 4.78 is 0. The van der Waals surface area contributed by atoms with Crippen molar-refractivity contribution in [3.63, 3.8) is 0 Å². The van der Waals surface area contributed by atoms with E-state index in [0.717, 1.165) is 23.3 Å². The van der Waals surface area contributed by atoms with E-state index in [1.807, 2.05) is 30.3 Å². The summed E-state index contributed by atoms with van der Waals surface area (Å²) in [5.74, 6) is -0.0800. The highest BCUT2D eigenvalue weighted by molar-refractivity contribution is 7.13. The van der Waals surface area contributed by atoms with Gasteiger partial charge in [-0.3, -0.25) is 4.79 Å². The first kappa shape index (κ1) is 12.8. The standard InChI is InChI=1S/C14H16N2OS/c1-2-3-9-15-14(17)12-13(18-10-16-12)11-7-5-4-6-8-11/h4-8,10H,2-3,9H2,1H3,(H,15,17). The van der Waals surface area contributed by atoms with Gasteiger partial charge in [0.05, 0.1) is 10.4 Å². The third-order valence-electron chi connectivity index (χ3n) is 2.63. The number of rotatable bonds is 5. The number of nitrogens with zero attached hydrogens (tertiary/aromatic N) is 1. The lowest BCUT2D eigenvalue weighted by atomic mass is 10.1. The van der Waals surface area contributed by atoms with Crippen molar-refractivity contribution in [3.05, 3.63) is 41.5 Å². The molecule has 0 radical (unpaired) electrons. The van der Waals surface area contributed by atoms with Gasteiger partial charge in [0.15, 0.2) is 0 Å². The van der Waals surface area contributed by atoms with E-state index in [4.69, 9.17) is 0 Å². The number of nitrogens with one attached hydrogen (secondary N) is 1. The lowest BCUT2D eigenvalue weighted by molar-refractivity contribution is 0.0949. The highest BCUT2D eigenvalue weighted by atomic mass is 32.1. The van der Waals surface area contributed by atoms with Crippen LogP contribution in [0.3, 0.4) is 0 Å². The molecule has 0 unspecified atom stereocenters. The van der Waals surface area contributed by atoms with Crippen LogP contribution >= 0.6 is 11.3 Å². The fraction of sp³-hybridized carbons (Fsp3) is 0.286. The van der Waals surface area contributed by atoms with Crippen LogP contribution in [0.15, 0.2) is 35.8 Å². The predicted molar refractivity (Wildman–Crippen MR) is 74.8 cm³/mol.